The van der Waals surface area contributed by atoms with Crippen molar-refractivity contribution in [2.24, 2.45) is 0 Å². The van der Waals surface area contributed by atoms with E-state index in [-0.39, 0.29) is 11.7 Å². The maximum absolute atomic E-state index is 13.1. The highest BCUT2D eigenvalue weighted by Crippen LogP contribution is 2.22. The van der Waals surface area contributed by atoms with Crippen molar-refractivity contribution in [3.05, 3.63) is 69.1 Å². The van der Waals surface area contributed by atoms with Crippen LogP contribution in [0, 0.1) is 5.82 Å². The van der Waals surface area contributed by atoms with Gasteiger partial charge in [-0.3, -0.25) is 10.1 Å². The Hall–Kier alpha value is -2.05. The Morgan fingerprint density at radius 2 is 2.24 bits per heavy atom. The fourth-order valence-electron chi connectivity index (χ4n) is 1.86. The van der Waals surface area contributed by atoms with Gasteiger partial charge in [0, 0.05) is 22.9 Å². The molecule has 0 bridgehead atoms. The normalized spacial score (nSPS) is 10.5. The number of nitrogens with zero attached hydrogens (tertiary/aromatic N) is 1. The fourth-order valence-corrected chi connectivity index (χ4v) is 3.34. The lowest BCUT2D eigenvalue weighted by Crippen LogP contribution is -2.10. The number of benzene rings is 1. The highest BCUT2D eigenvalue weighted by atomic mass is 32.1. The second kappa shape index (κ2) is 6.15. The van der Waals surface area contributed by atoms with Crippen molar-refractivity contribution >= 4 is 33.7 Å². The topological polar surface area (TPSA) is 42.0 Å². The zero-order valence-corrected chi connectivity index (χ0v) is 12.5. The van der Waals surface area contributed by atoms with Crippen LogP contribution in [-0.4, -0.2) is 10.9 Å². The molecule has 0 atom stereocenters. The molecule has 3 rings (SSSR count). The minimum absolute atomic E-state index is 0.164. The summed E-state index contributed by atoms with van der Waals surface area (Å²) < 4.78 is 13.1. The predicted octanol–water partition coefficient (Wildman–Crippen LogP) is 4.19. The highest BCUT2D eigenvalue weighted by Gasteiger charge is 2.09. The molecule has 0 aliphatic carbocycles. The molecule has 0 saturated heterocycles. The molecular formula is C15H11FN2OS2. The van der Waals surface area contributed by atoms with E-state index in [1.165, 1.54) is 34.8 Å². The molecule has 0 radical (unpaired) electrons. The van der Waals surface area contributed by atoms with Gasteiger partial charge in [0.05, 0.1) is 5.56 Å². The van der Waals surface area contributed by atoms with Crippen molar-refractivity contribution in [2.45, 2.75) is 6.42 Å². The Morgan fingerprint density at radius 1 is 1.33 bits per heavy atom. The van der Waals surface area contributed by atoms with Crippen LogP contribution in [0.15, 0.2) is 47.3 Å². The van der Waals surface area contributed by atoms with Crippen LogP contribution in [0.3, 0.4) is 0 Å². The molecule has 21 heavy (non-hydrogen) atoms. The number of amides is 1. The summed E-state index contributed by atoms with van der Waals surface area (Å²) in [6, 6.07) is 8.24. The van der Waals surface area contributed by atoms with Gasteiger partial charge < -0.3 is 0 Å². The maximum Gasteiger partial charge on any atom is 0.258 e. The van der Waals surface area contributed by atoms with E-state index >= 15 is 0 Å². The van der Waals surface area contributed by atoms with Crippen LogP contribution in [0.25, 0.3) is 0 Å². The van der Waals surface area contributed by atoms with E-state index in [0.717, 1.165) is 10.4 Å². The maximum atomic E-state index is 13.1. The molecule has 6 heteroatoms. The molecule has 1 amide bonds. The first-order chi connectivity index (χ1) is 10.2. The van der Waals surface area contributed by atoms with E-state index in [2.05, 4.69) is 10.3 Å². The third-order valence-corrected chi connectivity index (χ3v) is 4.42. The van der Waals surface area contributed by atoms with Crippen molar-refractivity contribution in [3.8, 4) is 0 Å². The van der Waals surface area contributed by atoms with Crippen LogP contribution in [-0.2, 0) is 6.42 Å². The smallest absolute Gasteiger partial charge is 0.258 e. The van der Waals surface area contributed by atoms with Gasteiger partial charge in [-0.05, 0) is 29.1 Å². The number of anilines is 1. The Morgan fingerprint density at radius 3 is 3.00 bits per heavy atom. The first-order valence-electron chi connectivity index (χ1n) is 6.23. The third kappa shape index (κ3) is 3.53. The molecule has 0 saturated carbocycles. The average Bonchev–Trinajstić information content (AvgIpc) is 3.10. The predicted molar refractivity (Wildman–Crippen MR) is 83.6 cm³/mol. The standard InChI is InChI=1S/C15H11FN2OS2/c16-12-3-1-2-10(6-12)7-13-8-17-15(21-13)18-14(19)11-4-5-20-9-11/h1-6,8-9H,7H2,(H,17,18,19). The van der Waals surface area contributed by atoms with Crippen LogP contribution >= 0.6 is 22.7 Å². The van der Waals surface area contributed by atoms with E-state index in [4.69, 9.17) is 0 Å². The Labute approximate surface area is 129 Å². The number of hydrogen-bond acceptors (Lipinski definition) is 4. The van der Waals surface area contributed by atoms with Crippen LogP contribution in [0.5, 0.6) is 0 Å². The molecular weight excluding hydrogens is 307 g/mol. The lowest BCUT2D eigenvalue weighted by molar-refractivity contribution is 0.102. The van der Waals surface area contributed by atoms with Gasteiger partial charge in [-0.2, -0.15) is 11.3 Å². The van der Waals surface area contributed by atoms with Crippen LogP contribution in [0.1, 0.15) is 20.8 Å². The van der Waals surface area contributed by atoms with Crippen LogP contribution in [0.2, 0.25) is 0 Å². The van der Waals surface area contributed by atoms with Gasteiger partial charge in [0.15, 0.2) is 5.13 Å². The molecule has 0 spiro atoms. The van der Waals surface area contributed by atoms with Crippen molar-refractivity contribution in [3.63, 3.8) is 0 Å². The molecule has 0 fully saturated rings. The van der Waals surface area contributed by atoms with Crippen molar-refractivity contribution in [1.29, 1.82) is 0 Å². The quantitative estimate of drug-likeness (QED) is 0.784. The zero-order valence-electron chi connectivity index (χ0n) is 10.9. The van der Waals surface area contributed by atoms with E-state index in [9.17, 15) is 9.18 Å². The van der Waals surface area contributed by atoms with E-state index < -0.39 is 0 Å². The number of rotatable bonds is 4. The summed E-state index contributed by atoms with van der Waals surface area (Å²) in [6.45, 7) is 0. The number of hydrogen-bond donors (Lipinski definition) is 1. The van der Waals surface area contributed by atoms with Gasteiger partial charge in [-0.15, -0.1) is 11.3 Å². The summed E-state index contributed by atoms with van der Waals surface area (Å²) in [6.07, 6.45) is 2.31. The lowest BCUT2D eigenvalue weighted by atomic mass is 10.1. The van der Waals surface area contributed by atoms with E-state index in [0.29, 0.717) is 17.1 Å². The molecule has 1 N–H and O–H groups in total. The lowest BCUT2D eigenvalue weighted by Gasteiger charge is -1.99. The van der Waals surface area contributed by atoms with E-state index in [1.807, 2.05) is 11.4 Å². The Bertz CT molecular complexity index is 753. The molecule has 0 unspecified atom stereocenters. The molecule has 0 aliphatic heterocycles. The number of thiazole rings is 1. The Balaban J connectivity index is 1.68. The average molecular weight is 318 g/mol. The number of thiophene rings is 1. The number of halogens is 1. The summed E-state index contributed by atoms with van der Waals surface area (Å²) in [5.41, 5.74) is 1.51. The van der Waals surface area contributed by atoms with E-state index in [1.54, 1.807) is 23.7 Å². The summed E-state index contributed by atoms with van der Waals surface area (Å²) >= 11 is 2.87. The highest BCUT2D eigenvalue weighted by molar-refractivity contribution is 7.15. The van der Waals surface area contributed by atoms with Crippen LogP contribution < -0.4 is 5.32 Å². The first kappa shape index (κ1) is 13.9. The number of aromatic nitrogens is 1. The monoisotopic (exact) mass is 318 g/mol. The minimum Gasteiger partial charge on any atom is -0.298 e. The summed E-state index contributed by atoms with van der Waals surface area (Å²) in [5, 5.41) is 6.96. The summed E-state index contributed by atoms with van der Waals surface area (Å²) in [4.78, 5) is 17.1. The molecule has 2 heterocycles. The molecule has 106 valence electrons. The molecule has 0 aliphatic rings. The van der Waals surface area contributed by atoms with Crippen molar-refractivity contribution < 1.29 is 9.18 Å². The van der Waals surface area contributed by atoms with Gasteiger partial charge in [-0.1, -0.05) is 12.1 Å². The SMILES string of the molecule is O=C(Nc1ncc(Cc2cccc(F)c2)s1)c1ccsc1. The van der Waals surface area contributed by atoms with Gasteiger partial charge >= 0.3 is 0 Å². The largest absolute Gasteiger partial charge is 0.298 e. The molecule has 3 aromatic rings. The zero-order chi connectivity index (χ0) is 14.7. The van der Waals surface area contributed by atoms with Crippen molar-refractivity contribution in [2.75, 3.05) is 5.32 Å². The third-order valence-electron chi connectivity index (χ3n) is 2.82. The molecule has 2 aromatic heterocycles. The summed E-state index contributed by atoms with van der Waals surface area (Å²) in [7, 11) is 0. The second-order valence-electron chi connectivity index (χ2n) is 4.40. The fraction of sp³-hybridized carbons (Fsp3) is 0.0667. The van der Waals surface area contributed by atoms with Gasteiger partial charge in [0.1, 0.15) is 5.82 Å². The Kier molecular flexibility index (Phi) is 4.08. The van der Waals surface area contributed by atoms with Gasteiger partial charge in [-0.25, -0.2) is 9.37 Å². The first-order valence-corrected chi connectivity index (χ1v) is 7.99. The van der Waals surface area contributed by atoms with Gasteiger partial charge in [0.2, 0.25) is 0 Å². The second-order valence-corrected chi connectivity index (χ2v) is 6.30. The number of carbonyl (C=O) groups excluding carboxylic acids is 1. The molecule has 3 nitrogen and oxygen atoms in total. The number of carbonyl (C=O) groups is 1. The minimum atomic E-state index is -0.247. The number of nitrogens with one attached hydrogen (secondary N) is 1. The van der Waals surface area contributed by atoms with Crippen LogP contribution in [0.4, 0.5) is 9.52 Å². The van der Waals surface area contributed by atoms with Crippen molar-refractivity contribution in [1.82, 2.24) is 4.98 Å². The van der Waals surface area contributed by atoms with Gasteiger partial charge in [0.25, 0.3) is 5.91 Å². The molecule has 1 aromatic carbocycles. The summed E-state index contributed by atoms with van der Waals surface area (Å²) in [5.74, 6) is -0.411.